The number of carbonyl (C=O) groups is 1. The van der Waals surface area contributed by atoms with Crippen molar-refractivity contribution in [1.82, 2.24) is 5.32 Å². The molecule has 0 atom stereocenters. The molecule has 0 aliphatic carbocycles. The van der Waals surface area contributed by atoms with Crippen LogP contribution in [0.1, 0.15) is 65.4 Å². The van der Waals surface area contributed by atoms with Gasteiger partial charge in [0.2, 0.25) is 0 Å². The zero-order chi connectivity index (χ0) is 27.5. The quantitative estimate of drug-likeness (QED) is 0.109. The van der Waals surface area contributed by atoms with Gasteiger partial charge in [-0.25, -0.2) is 0 Å². The third-order valence-corrected chi connectivity index (χ3v) is 8.97. The number of benzene rings is 2. The number of nitrogens with one attached hydrogen (secondary N) is 1. The molecule has 38 heavy (non-hydrogen) atoms. The van der Waals surface area contributed by atoms with E-state index in [0.29, 0.717) is 44.6 Å². The van der Waals surface area contributed by atoms with Crippen LogP contribution in [0.2, 0.25) is 6.04 Å². The summed E-state index contributed by atoms with van der Waals surface area (Å²) in [4.78, 5) is 12.2. The molecule has 1 amide bonds. The Morgan fingerprint density at radius 3 is 1.89 bits per heavy atom. The average Bonchev–Trinajstić information content (AvgIpc) is 2.93. The van der Waals surface area contributed by atoms with Crippen LogP contribution in [-0.2, 0) is 24.5 Å². The van der Waals surface area contributed by atoms with E-state index in [1.54, 1.807) is 12.1 Å². The first-order valence-corrected chi connectivity index (χ1v) is 15.9. The molecule has 0 bridgehead atoms. The number of hydrogen-bond acceptors (Lipinski definition) is 7. The lowest BCUT2D eigenvalue weighted by Crippen LogP contribution is -2.46. The number of aryl methyl sites for hydroxylation is 1. The molecule has 0 saturated carbocycles. The van der Waals surface area contributed by atoms with Gasteiger partial charge in [-0.1, -0.05) is 38.3 Å². The van der Waals surface area contributed by atoms with Crippen molar-refractivity contribution in [3.8, 4) is 5.75 Å². The fraction of sp³-hybridized carbons (Fsp3) is 0.552. The molecule has 0 radical (unpaired) electrons. The van der Waals surface area contributed by atoms with Gasteiger partial charge in [0.15, 0.2) is 6.61 Å². The molecule has 0 unspecified atom stereocenters. The van der Waals surface area contributed by atoms with E-state index in [-0.39, 0.29) is 12.5 Å². The van der Waals surface area contributed by atoms with E-state index in [4.69, 9.17) is 18.0 Å². The van der Waals surface area contributed by atoms with Gasteiger partial charge >= 0.3 is 8.80 Å². The van der Waals surface area contributed by atoms with E-state index in [2.05, 4.69) is 34.6 Å². The van der Waals surface area contributed by atoms with Crippen molar-refractivity contribution in [1.29, 1.82) is 0 Å². The van der Waals surface area contributed by atoms with Gasteiger partial charge in [0.1, 0.15) is 5.75 Å². The van der Waals surface area contributed by atoms with Crippen LogP contribution < -0.4 is 10.1 Å². The van der Waals surface area contributed by atoms with Crippen LogP contribution in [0, 0.1) is 0 Å². The summed E-state index contributed by atoms with van der Waals surface area (Å²) >= 11 is 0. The summed E-state index contributed by atoms with van der Waals surface area (Å²) in [5.41, 5.74) is 2.88. The second-order valence-corrected chi connectivity index (χ2v) is 11.6. The minimum atomic E-state index is -2.68. The van der Waals surface area contributed by atoms with Crippen molar-refractivity contribution in [2.75, 3.05) is 33.0 Å². The summed E-state index contributed by atoms with van der Waals surface area (Å²) in [7, 11) is -2.68. The average molecular weight is 544 g/mol. The Morgan fingerprint density at radius 1 is 0.763 bits per heavy atom. The summed E-state index contributed by atoms with van der Waals surface area (Å²) in [6.45, 7) is 10.1. The SMILES string of the molecule is CCCCCCc1ccc(N=Nc2ccc(OCC(=O)NCCC[Si](OCC)(OCC)OCC)cc2)cc1. The van der Waals surface area contributed by atoms with Crippen molar-refractivity contribution < 1.29 is 22.8 Å². The van der Waals surface area contributed by atoms with Crippen molar-refractivity contribution >= 4 is 26.1 Å². The molecular weight excluding hydrogens is 498 g/mol. The molecule has 0 saturated heterocycles. The number of unbranched alkanes of at least 4 members (excludes halogenated alkanes) is 3. The molecule has 2 aromatic carbocycles. The fourth-order valence-corrected chi connectivity index (χ4v) is 6.56. The monoisotopic (exact) mass is 543 g/mol. The molecule has 0 fully saturated rings. The van der Waals surface area contributed by atoms with Gasteiger partial charge in [-0.2, -0.15) is 10.2 Å². The van der Waals surface area contributed by atoms with Gasteiger partial charge < -0.3 is 23.3 Å². The lowest BCUT2D eigenvalue weighted by molar-refractivity contribution is -0.123. The number of nitrogens with zero attached hydrogens (tertiary/aromatic N) is 2. The first-order chi connectivity index (χ1) is 18.5. The van der Waals surface area contributed by atoms with Gasteiger partial charge in [0.05, 0.1) is 11.4 Å². The Kier molecular flexibility index (Phi) is 15.5. The molecule has 210 valence electrons. The molecule has 0 aromatic heterocycles. The second kappa shape index (κ2) is 18.6. The predicted octanol–water partition coefficient (Wildman–Crippen LogP) is 7.16. The molecule has 2 aromatic rings. The van der Waals surface area contributed by atoms with Crippen LogP contribution in [0.15, 0.2) is 58.8 Å². The number of azo groups is 1. The van der Waals surface area contributed by atoms with E-state index < -0.39 is 8.80 Å². The van der Waals surface area contributed by atoms with Crippen LogP contribution in [0.3, 0.4) is 0 Å². The summed E-state index contributed by atoms with van der Waals surface area (Å²) < 4.78 is 23.1. The highest BCUT2D eigenvalue weighted by molar-refractivity contribution is 6.60. The Balaban J connectivity index is 1.71. The van der Waals surface area contributed by atoms with Crippen LogP contribution in [-0.4, -0.2) is 47.7 Å². The normalized spacial score (nSPS) is 11.7. The predicted molar refractivity (Wildman–Crippen MR) is 153 cm³/mol. The number of hydrogen-bond donors (Lipinski definition) is 1. The Morgan fingerprint density at radius 2 is 1.34 bits per heavy atom. The third kappa shape index (κ3) is 12.3. The highest BCUT2D eigenvalue weighted by atomic mass is 28.4. The Hall–Kier alpha value is -2.59. The van der Waals surface area contributed by atoms with Gasteiger partial charge in [-0.05, 0) is 82.0 Å². The van der Waals surface area contributed by atoms with Gasteiger partial charge in [0.25, 0.3) is 5.91 Å². The lowest BCUT2D eigenvalue weighted by Gasteiger charge is -2.28. The Bertz CT molecular complexity index is 921. The highest BCUT2D eigenvalue weighted by Crippen LogP contribution is 2.22. The van der Waals surface area contributed by atoms with Crippen molar-refractivity contribution in [3.63, 3.8) is 0 Å². The van der Waals surface area contributed by atoms with Crippen LogP contribution >= 0.6 is 0 Å². The number of amides is 1. The molecular formula is C29H45N3O5Si. The van der Waals surface area contributed by atoms with Gasteiger partial charge in [-0.15, -0.1) is 0 Å². The minimum Gasteiger partial charge on any atom is -0.484 e. The van der Waals surface area contributed by atoms with Gasteiger partial charge in [-0.3, -0.25) is 4.79 Å². The second-order valence-electron chi connectivity index (χ2n) is 8.90. The van der Waals surface area contributed by atoms with E-state index in [1.807, 2.05) is 45.0 Å². The summed E-state index contributed by atoms with van der Waals surface area (Å²) in [5, 5.41) is 11.5. The topological polar surface area (TPSA) is 90.7 Å². The maximum Gasteiger partial charge on any atom is 0.500 e. The number of rotatable bonds is 20. The van der Waals surface area contributed by atoms with Crippen LogP contribution in [0.25, 0.3) is 0 Å². The van der Waals surface area contributed by atoms with Gasteiger partial charge in [0, 0.05) is 32.4 Å². The molecule has 0 spiro atoms. The van der Waals surface area contributed by atoms with E-state index in [1.165, 1.54) is 31.2 Å². The van der Waals surface area contributed by atoms with E-state index in [0.717, 1.165) is 17.8 Å². The minimum absolute atomic E-state index is 0.0589. The maximum atomic E-state index is 12.2. The van der Waals surface area contributed by atoms with Crippen LogP contribution in [0.5, 0.6) is 5.75 Å². The molecule has 2 rings (SSSR count). The molecule has 9 heteroatoms. The summed E-state index contributed by atoms with van der Waals surface area (Å²) in [6.07, 6.45) is 6.87. The van der Waals surface area contributed by atoms with E-state index in [9.17, 15) is 4.79 Å². The van der Waals surface area contributed by atoms with E-state index >= 15 is 0 Å². The zero-order valence-corrected chi connectivity index (χ0v) is 24.5. The smallest absolute Gasteiger partial charge is 0.484 e. The summed E-state index contributed by atoms with van der Waals surface area (Å²) in [6, 6.07) is 16.1. The number of ether oxygens (including phenoxy) is 1. The van der Waals surface area contributed by atoms with Crippen molar-refractivity contribution in [3.05, 3.63) is 54.1 Å². The zero-order valence-electron chi connectivity index (χ0n) is 23.5. The third-order valence-electron chi connectivity index (χ3n) is 5.82. The molecule has 0 heterocycles. The van der Waals surface area contributed by atoms with Crippen molar-refractivity contribution in [2.24, 2.45) is 10.2 Å². The first-order valence-electron chi connectivity index (χ1n) is 14.0. The highest BCUT2D eigenvalue weighted by Gasteiger charge is 2.39. The fourth-order valence-electron chi connectivity index (χ4n) is 3.94. The molecule has 0 aliphatic rings. The van der Waals surface area contributed by atoms with Crippen LogP contribution in [0.4, 0.5) is 11.4 Å². The lowest BCUT2D eigenvalue weighted by atomic mass is 10.1. The first kappa shape index (κ1) is 31.6. The largest absolute Gasteiger partial charge is 0.500 e. The number of carbonyl (C=O) groups excluding carboxylic acids is 1. The standard InChI is InChI=1S/C29H45N3O5Si/c1-5-9-10-11-13-25-14-16-26(17-15-25)31-32-27-18-20-28(21-19-27)34-24-29(33)30-22-12-23-38(35-6-2,36-7-3)37-8-4/h14-21H,5-13,22-24H2,1-4H3,(H,30,33). The van der Waals surface area contributed by atoms with Crippen molar-refractivity contribution in [2.45, 2.75) is 72.3 Å². The summed E-state index contributed by atoms with van der Waals surface area (Å²) in [5.74, 6) is 0.418. The molecule has 8 nitrogen and oxygen atoms in total. The molecule has 1 N–H and O–H groups in total. The molecule has 0 aliphatic heterocycles. The maximum absolute atomic E-state index is 12.2. The Labute approximate surface area is 229 Å².